The number of ether oxygens (including phenoxy) is 1. The highest BCUT2D eigenvalue weighted by Gasteiger charge is 2.78. The highest BCUT2D eigenvalue weighted by molar-refractivity contribution is 5.88. The lowest BCUT2D eigenvalue weighted by atomic mass is 9.37. The number of aliphatic hydroxyl groups excluding tert-OH is 1. The molecule has 4 aliphatic rings. The topological polar surface area (TPSA) is 104 Å². The van der Waals surface area contributed by atoms with Gasteiger partial charge in [-0.1, -0.05) is 26.0 Å². The fourth-order valence-electron chi connectivity index (χ4n) is 7.96. The number of carbonyl (C=O) groups excluding carboxylic acids is 1. The van der Waals surface area contributed by atoms with Gasteiger partial charge < -0.3 is 20.1 Å². The van der Waals surface area contributed by atoms with E-state index < -0.39 is 46.0 Å². The van der Waals surface area contributed by atoms with Crippen molar-refractivity contribution in [3.8, 4) is 0 Å². The molecule has 4 aliphatic carbocycles. The Kier molecular flexibility index (Phi) is 5.03. The van der Waals surface area contributed by atoms with Crippen LogP contribution in [0.1, 0.15) is 72.6 Å². The second-order valence-corrected chi connectivity index (χ2v) is 11.0. The van der Waals surface area contributed by atoms with Crippen LogP contribution in [0.4, 0.5) is 0 Å². The maximum atomic E-state index is 12.7. The van der Waals surface area contributed by atoms with Crippen molar-refractivity contribution < 1.29 is 29.6 Å². The molecule has 1 spiro atoms. The van der Waals surface area contributed by atoms with Crippen LogP contribution >= 0.6 is 0 Å². The summed E-state index contributed by atoms with van der Waals surface area (Å²) in [6, 6.07) is 0. The lowest BCUT2D eigenvalue weighted by molar-refractivity contribution is -0.309. The standard InChI is InChI=1S/C25H36O6/c1-6-14(2)20(27)31-19-15(3)16-8-11-25(30)23(5)10-7-9-22(4,21(28)29)17(23)12-18(26)24(19,25)13-16/h6,16-19,26,30H,3,7-13H2,1-2,4-5H3,(H,28,29). The summed E-state index contributed by atoms with van der Waals surface area (Å²) in [6.07, 6.45) is 3.81. The van der Waals surface area contributed by atoms with Gasteiger partial charge in [0.25, 0.3) is 0 Å². The molecule has 4 saturated carbocycles. The van der Waals surface area contributed by atoms with E-state index >= 15 is 0 Å². The van der Waals surface area contributed by atoms with Crippen molar-refractivity contribution in [2.24, 2.45) is 28.1 Å². The molecule has 4 rings (SSSR count). The lowest BCUT2D eigenvalue weighted by Crippen LogP contribution is -2.75. The van der Waals surface area contributed by atoms with Gasteiger partial charge in [0.2, 0.25) is 0 Å². The van der Waals surface area contributed by atoms with Crippen molar-refractivity contribution in [2.75, 3.05) is 0 Å². The van der Waals surface area contributed by atoms with E-state index in [1.807, 2.05) is 6.92 Å². The first-order chi connectivity index (χ1) is 14.4. The zero-order valence-corrected chi connectivity index (χ0v) is 19.1. The van der Waals surface area contributed by atoms with E-state index in [0.717, 1.165) is 5.57 Å². The zero-order valence-electron chi connectivity index (χ0n) is 19.1. The molecule has 0 aromatic rings. The Hall–Kier alpha value is -1.66. The third kappa shape index (κ3) is 2.58. The quantitative estimate of drug-likeness (QED) is 0.358. The van der Waals surface area contributed by atoms with E-state index in [-0.39, 0.29) is 18.3 Å². The van der Waals surface area contributed by atoms with Crippen molar-refractivity contribution >= 4 is 11.9 Å². The molecule has 0 heterocycles. The second kappa shape index (κ2) is 6.92. The number of fused-ring (bicyclic) bond motifs is 3. The molecule has 0 amide bonds. The Labute approximate surface area is 184 Å². The number of esters is 1. The number of aliphatic carboxylic acids is 1. The van der Waals surface area contributed by atoms with E-state index in [0.29, 0.717) is 44.1 Å². The normalized spacial score (nSPS) is 49.2. The van der Waals surface area contributed by atoms with E-state index in [1.54, 1.807) is 26.8 Å². The number of hydrogen-bond donors (Lipinski definition) is 3. The van der Waals surface area contributed by atoms with Crippen LogP contribution in [0.5, 0.6) is 0 Å². The number of carbonyl (C=O) groups is 2. The SMILES string of the molecule is C=C1C2CCC3(O)C4(C)CCCC(C)(C(=O)O)C4CC(O)C3(C2)C1OC(=O)C(C)=CC. The van der Waals surface area contributed by atoms with E-state index in [9.17, 15) is 24.9 Å². The minimum atomic E-state index is -1.34. The Morgan fingerprint density at radius 2 is 1.90 bits per heavy atom. The molecular formula is C25H36O6. The van der Waals surface area contributed by atoms with E-state index in [2.05, 4.69) is 6.58 Å². The average Bonchev–Trinajstić information content (AvgIpc) is 2.95. The van der Waals surface area contributed by atoms with Crippen molar-refractivity contribution in [3.05, 3.63) is 23.8 Å². The van der Waals surface area contributed by atoms with Crippen LogP contribution in [-0.4, -0.2) is 45.1 Å². The summed E-state index contributed by atoms with van der Waals surface area (Å²) in [5.41, 5.74) is -2.87. The molecule has 3 N–H and O–H groups in total. The Balaban J connectivity index is 1.85. The highest BCUT2D eigenvalue weighted by Crippen LogP contribution is 2.74. The molecule has 31 heavy (non-hydrogen) atoms. The van der Waals surface area contributed by atoms with E-state index in [1.165, 1.54) is 0 Å². The first-order valence-corrected chi connectivity index (χ1v) is 11.6. The average molecular weight is 433 g/mol. The lowest BCUT2D eigenvalue weighted by Gasteiger charge is -2.69. The van der Waals surface area contributed by atoms with Crippen LogP contribution in [0.15, 0.2) is 23.8 Å². The molecule has 8 unspecified atom stereocenters. The van der Waals surface area contributed by atoms with Gasteiger partial charge in [0.1, 0.15) is 6.10 Å². The third-order valence-electron chi connectivity index (χ3n) is 9.94. The zero-order chi connectivity index (χ0) is 23.0. The Morgan fingerprint density at radius 3 is 2.52 bits per heavy atom. The number of aliphatic hydroxyl groups is 2. The molecule has 0 aromatic heterocycles. The summed E-state index contributed by atoms with van der Waals surface area (Å²) in [5, 5.41) is 34.2. The number of rotatable bonds is 3. The van der Waals surface area contributed by atoms with Gasteiger partial charge in [-0.05, 0) is 76.7 Å². The van der Waals surface area contributed by atoms with Crippen molar-refractivity contribution in [1.29, 1.82) is 0 Å². The summed E-state index contributed by atoms with van der Waals surface area (Å²) >= 11 is 0. The van der Waals surface area contributed by atoms with Gasteiger partial charge >= 0.3 is 11.9 Å². The fraction of sp³-hybridized carbons (Fsp3) is 0.760. The second-order valence-electron chi connectivity index (χ2n) is 11.0. The molecule has 2 bridgehead atoms. The largest absolute Gasteiger partial charge is 0.481 e. The Morgan fingerprint density at radius 1 is 1.23 bits per heavy atom. The minimum Gasteiger partial charge on any atom is -0.481 e. The molecule has 172 valence electrons. The minimum absolute atomic E-state index is 0.0771. The van der Waals surface area contributed by atoms with Gasteiger partial charge in [0.05, 0.1) is 22.5 Å². The molecule has 0 aliphatic heterocycles. The molecule has 0 radical (unpaired) electrons. The van der Waals surface area contributed by atoms with Crippen LogP contribution in [0.25, 0.3) is 0 Å². The smallest absolute Gasteiger partial charge is 0.333 e. The van der Waals surface area contributed by atoms with Crippen LogP contribution in [0.3, 0.4) is 0 Å². The number of hydrogen-bond acceptors (Lipinski definition) is 5. The number of allylic oxidation sites excluding steroid dienone is 1. The molecular weight excluding hydrogens is 396 g/mol. The van der Waals surface area contributed by atoms with Gasteiger partial charge in [-0.15, -0.1) is 0 Å². The molecule has 0 saturated heterocycles. The van der Waals surface area contributed by atoms with Crippen LogP contribution in [0.2, 0.25) is 0 Å². The van der Waals surface area contributed by atoms with Gasteiger partial charge in [-0.25, -0.2) is 4.79 Å². The van der Waals surface area contributed by atoms with Gasteiger partial charge in [0.15, 0.2) is 0 Å². The summed E-state index contributed by atoms with van der Waals surface area (Å²) in [5.74, 6) is -1.62. The predicted molar refractivity (Wildman–Crippen MR) is 115 cm³/mol. The van der Waals surface area contributed by atoms with Crippen molar-refractivity contribution in [3.63, 3.8) is 0 Å². The summed E-state index contributed by atoms with van der Waals surface area (Å²) < 4.78 is 5.97. The third-order valence-corrected chi connectivity index (χ3v) is 9.94. The molecule has 0 aromatic carbocycles. The summed E-state index contributed by atoms with van der Waals surface area (Å²) in [7, 11) is 0. The first kappa shape index (κ1) is 22.5. The highest BCUT2D eigenvalue weighted by atomic mass is 16.5. The number of carboxylic acids is 1. The van der Waals surface area contributed by atoms with Gasteiger partial charge in [-0.2, -0.15) is 0 Å². The molecule has 6 nitrogen and oxygen atoms in total. The van der Waals surface area contributed by atoms with Crippen LogP contribution < -0.4 is 0 Å². The summed E-state index contributed by atoms with van der Waals surface area (Å²) in [6.45, 7) is 11.5. The molecule has 6 heteroatoms. The van der Waals surface area contributed by atoms with Crippen molar-refractivity contribution in [2.45, 2.75) is 90.4 Å². The summed E-state index contributed by atoms with van der Waals surface area (Å²) in [4.78, 5) is 25.0. The first-order valence-electron chi connectivity index (χ1n) is 11.6. The molecule has 4 fully saturated rings. The monoisotopic (exact) mass is 432 g/mol. The van der Waals surface area contributed by atoms with E-state index in [4.69, 9.17) is 4.74 Å². The Bertz CT molecular complexity index is 862. The molecule has 8 atom stereocenters. The van der Waals surface area contributed by atoms with Crippen LogP contribution in [0, 0.1) is 28.1 Å². The van der Waals surface area contributed by atoms with Gasteiger partial charge in [-0.3, -0.25) is 4.79 Å². The maximum Gasteiger partial charge on any atom is 0.333 e. The number of carboxylic acid groups (broad SMARTS) is 1. The van der Waals surface area contributed by atoms with Gasteiger partial charge in [0, 0.05) is 11.0 Å². The maximum absolute atomic E-state index is 12.7. The predicted octanol–water partition coefficient (Wildman–Crippen LogP) is 3.61. The van der Waals surface area contributed by atoms with Crippen LogP contribution in [-0.2, 0) is 14.3 Å². The fourth-order valence-corrected chi connectivity index (χ4v) is 7.96. The van der Waals surface area contributed by atoms with Crippen molar-refractivity contribution in [1.82, 2.24) is 0 Å².